The molecule has 0 unspecified atom stereocenters. The van der Waals surface area contributed by atoms with E-state index in [2.05, 4.69) is 15.3 Å². The largest absolute Gasteiger partial charge is 0.416 e. The van der Waals surface area contributed by atoms with Crippen LogP contribution in [0, 0.1) is 0 Å². The molecule has 0 atom stereocenters. The Labute approximate surface area is 182 Å². The second-order valence-corrected chi connectivity index (χ2v) is 7.43. The molecule has 3 aromatic rings. The van der Waals surface area contributed by atoms with Crippen LogP contribution in [0.4, 0.5) is 24.7 Å². The van der Waals surface area contributed by atoms with Crippen molar-refractivity contribution in [3.8, 4) is 0 Å². The second kappa shape index (κ2) is 8.96. The molecule has 166 valence electrons. The van der Waals surface area contributed by atoms with Crippen LogP contribution in [0.5, 0.6) is 0 Å². The molecule has 0 spiro atoms. The standard InChI is InChI=1S/C23H21F3N4O2/c24-23(25,26)16-4-1-3-15(11-16)12-17-13-21(29-14-28-17)30-9-7-18-19(5-2-6-20(18)30)22(32)27-8-10-31/h1-6,11,13-14,31H,7-10,12H2,(H,27,32). The summed E-state index contributed by atoms with van der Waals surface area (Å²) in [7, 11) is 0. The van der Waals surface area contributed by atoms with Gasteiger partial charge in [0.15, 0.2) is 0 Å². The average molecular weight is 442 g/mol. The lowest BCUT2D eigenvalue weighted by molar-refractivity contribution is -0.137. The van der Waals surface area contributed by atoms with Crippen LogP contribution < -0.4 is 10.2 Å². The average Bonchev–Trinajstić information content (AvgIpc) is 3.21. The highest BCUT2D eigenvalue weighted by molar-refractivity contribution is 5.98. The maximum atomic E-state index is 13.0. The number of anilines is 2. The first kappa shape index (κ1) is 21.8. The number of aliphatic hydroxyl groups excluding tert-OH is 1. The second-order valence-electron chi connectivity index (χ2n) is 7.43. The molecule has 9 heteroatoms. The first-order valence-electron chi connectivity index (χ1n) is 10.1. The van der Waals surface area contributed by atoms with E-state index in [4.69, 9.17) is 5.11 Å². The lowest BCUT2D eigenvalue weighted by atomic mass is 10.0. The number of benzene rings is 2. The molecule has 0 radical (unpaired) electrons. The maximum Gasteiger partial charge on any atom is 0.416 e. The smallest absolute Gasteiger partial charge is 0.395 e. The molecule has 2 heterocycles. The van der Waals surface area contributed by atoms with Gasteiger partial charge in [0, 0.05) is 36.8 Å². The van der Waals surface area contributed by atoms with Crippen LogP contribution in [-0.2, 0) is 19.0 Å². The van der Waals surface area contributed by atoms with E-state index in [0.29, 0.717) is 35.6 Å². The van der Waals surface area contributed by atoms with Gasteiger partial charge in [0.2, 0.25) is 0 Å². The monoisotopic (exact) mass is 442 g/mol. The van der Waals surface area contributed by atoms with Crippen LogP contribution in [0.1, 0.15) is 32.7 Å². The van der Waals surface area contributed by atoms with Crippen molar-refractivity contribution in [2.75, 3.05) is 24.6 Å². The molecule has 1 amide bonds. The number of amides is 1. The minimum atomic E-state index is -4.40. The maximum absolute atomic E-state index is 13.0. The highest BCUT2D eigenvalue weighted by atomic mass is 19.4. The molecule has 6 nitrogen and oxygen atoms in total. The number of aromatic nitrogens is 2. The summed E-state index contributed by atoms with van der Waals surface area (Å²) < 4.78 is 39.0. The number of nitrogens with one attached hydrogen (secondary N) is 1. The lowest BCUT2D eigenvalue weighted by Crippen LogP contribution is -2.27. The van der Waals surface area contributed by atoms with Gasteiger partial charge in [-0.3, -0.25) is 4.79 Å². The van der Waals surface area contributed by atoms with Gasteiger partial charge in [-0.25, -0.2) is 9.97 Å². The normalized spacial score (nSPS) is 13.2. The molecule has 0 saturated heterocycles. The number of halogens is 3. The van der Waals surface area contributed by atoms with E-state index in [1.165, 1.54) is 12.4 Å². The third kappa shape index (κ3) is 4.57. The third-order valence-electron chi connectivity index (χ3n) is 5.29. The Hall–Kier alpha value is -3.46. The summed E-state index contributed by atoms with van der Waals surface area (Å²) >= 11 is 0. The van der Waals surface area contributed by atoms with Crippen molar-refractivity contribution in [2.45, 2.75) is 19.0 Å². The van der Waals surface area contributed by atoms with Gasteiger partial charge in [0.1, 0.15) is 12.1 Å². The number of rotatable bonds is 6. The Morgan fingerprint density at radius 3 is 2.72 bits per heavy atom. The van der Waals surface area contributed by atoms with Gasteiger partial charge in [-0.05, 0) is 35.7 Å². The van der Waals surface area contributed by atoms with Crippen LogP contribution >= 0.6 is 0 Å². The fourth-order valence-corrected chi connectivity index (χ4v) is 3.85. The number of fused-ring (bicyclic) bond motifs is 1. The third-order valence-corrected chi connectivity index (χ3v) is 5.29. The van der Waals surface area contributed by atoms with Crippen molar-refractivity contribution >= 4 is 17.4 Å². The molecule has 1 aliphatic heterocycles. The predicted molar refractivity (Wildman–Crippen MR) is 113 cm³/mol. The molecule has 0 fully saturated rings. The molecular formula is C23H21F3N4O2. The van der Waals surface area contributed by atoms with Gasteiger partial charge in [0.25, 0.3) is 5.91 Å². The Morgan fingerprint density at radius 2 is 1.94 bits per heavy atom. The fourth-order valence-electron chi connectivity index (χ4n) is 3.85. The van der Waals surface area contributed by atoms with E-state index < -0.39 is 11.7 Å². The summed E-state index contributed by atoms with van der Waals surface area (Å²) in [4.78, 5) is 23.0. The highest BCUT2D eigenvalue weighted by Gasteiger charge is 2.30. The molecule has 0 saturated carbocycles. The molecule has 2 N–H and O–H groups in total. The summed E-state index contributed by atoms with van der Waals surface area (Å²) in [5, 5.41) is 11.6. The number of nitrogens with zero attached hydrogens (tertiary/aromatic N) is 3. The van der Waals surface area contributed by atoms with Crippen molar-refractivity contribution in [3.05, 3.63) is 82.8 Å². The van der Waals surface area contributed by atoms with Crippen molar-refractivity contribution in [3.63, 3.8) is 0 Å². The molecule has 32 heavy (non-hydrogen) atoms. The molecule has 4 rings (SSSR count). The zero-order valence-electron chi connectivity index (χ0n) is 17.1. The van der Waals surface area contributed by atoms with E-state index >= 15 is 0 Å². The Kier molecular flexibility index (Phi) is 6.09. The summed E-state index contributed by atoms with van der Waals surface area (Å²) in [6.07, 6.45) is -2.11. The molecule has 0 aliphatic carbocycles. The molecule has 2 aromatic carbocycles. The van der Waals surface area contributed by atoms with Crippen LogP contribution in [0.3, 0.4) is 0 Å². The zero-order valence-corrected chi connectivity index (χ0v) is 17.1. The van der Waals surface area contributed by atoms with Crippen molar-refractivity contribution < 1.29 is 23.1 Å². The quantitative estimate of drug-likeness (QED) is 0.611. The van der Waals surface area contributed by atoms with E-state index in [1.54, 1.807) is 24.3 Å². The van der Waals surface area contributed by atoms with E-state index in [1.807, 2.05) is 11.0 Å². The van der Waals surface area contributed by atoms with Crippen molar-refractivity contribution in [1.82, 2.24) is 15.3 Å². The Balaban J connectivity index is 1.58. The number of aliphatic hydroxyl groups is 1. The van der Waals surface area contributed by atoms with Crippen LogP contribution in [-0.4, -0.2) is 40.7 Å². The van der Waals surface area contributed by atoms with Gasteiger partial charge >= 0.3 is 6.18 Å². The molecule has 1 aromatic heterocycles. The van der Waals surface area contributed by atoms with Crippen LogP contribution in [0.2, 0.25) is 0 Å². The van der Waals surface area contributed by atoms with Crippen LogP contribution in [0.15, 0.2) is 54.9 Å². The Morgan fingerprint density at radius 1 is 1.12 bits per heavy atom. The first-order chi connectivity index (χ1) is 15.4. The zero-order chi connectivity index (χ0) is 22.7. The first-order valence-corrected chi connectivity index (χ1v) is 10.1. The highest BCUT2D eigenvalue weighted by Crippen LogP contribution is 2.36. The number of hydrogen-bond donors (Lipinski definition) is 2. The SMILES string of the molecule is O=C(NCCO)c1cccc2c1CCN2c1cc(Cc2cccc(C(F)(F)F)c2)ncn1. The summed E-state index contributed by atoms with van der Waals surface area (Å²) in [6.45, 7) is 0.652. The number of hydrogen-bond acceptors (Lipinski definition) is 5. The molecular weight excluding hydrogens is 421 g/mol. The van der Waals surface area contributed by atoms with E-state index in [9.17, 15) is 18.0 Å². The predicted octanol–water partition coefficient (Wildman–Crippen LogP) is 3.50. The molecule has 0 bridgehead atoms. The minimum Gasteiger partial charge on any atom is -0.395 e. The minimum absolute atomic E-state index is 0.136. The van der Waals surface area contributed by atoms with Gasteiger partial charge < -0.3 is 15.3 Å². The number of alkyl halides is 3. The van der Waals surface area contributed by atoms with Crippen molar-refractivity contribution in [2.24, 2.45) is 0 Å². The van der Waals surface area contributed by atoms with Gasteiger partial charge in [-0.2, -0.15) is 13.2 Å². The summed E-state index contributed by atoms with van der Waals surface area (Å²) in [5.74, 6) is 0.374. The topological polar surface area (TPSA) is 78.4 Å². The molecule has 1 aliphatic rings. The van der Waals surface area contributed by atoms with Gasteiger partial charge in [-0.15, -0.1) is 0 Å². The Bertz CT molecular complexity index is 1130. The summed E-state index contributed by atoms with van der Waals surface area (Å²) in [6, 6.07) is 12.4. The van der Waals surface area contributed by atoms with E-state index in [-0.39, 0.29) is 25.5 Å². The number of carbonyl (C=O) groups is 1. The summed E-state index contributed by atoms with van der Waals surface area (Å²) in [5.41, 5.74) is 2.71. The van der Waals surface area contributed by atoms with Crippen molar-refractivity contribution in [1.29, 1.82) is 0 Å². The van der Waals surface area contributed by atoms with Gasteiger partial charge in [0.05, 0.1) is 17.9 Å². The lowest BCUT2D eigenvalue weighted by Gasteiger charge is -2.19. The van der Waals surface area contributed by atoms with E-state index in [0.717, 1.165) is 23.4 Å². The number of carbonyl (C=O) groups excluding carboxylic acids is 1. The van der Waals surface area contributed by atoms with Gasteiger partial charge in [-0.1, -0.05) is 24.3 Å². The fraction of sp³-hybridized carbons (Fsp3) is 0.261. The van der Waals surface area contributed by atoms with Crippen LogP contribution in [0.25, 0.3) is 0 Å².